The van der Waals surface area contributed by atoms with Gasteiger partial charge in [-0.2, -0.15) is 0 Å². The van der Waals surface area contributed by atoms with Crippen LogP contribution in [0.25, 0.3) is 21.6 Å². The van der Waals surface area contributed by atoms with Gasteiger partial charge in [0.25, 0.3) is 0 Å². The van der Waals surface area contributed by atoms with Gasteiger partial charge in [0.2, 0.25) is 5.52 Å². The highest BCUT2D eigenvalue weighted by Gasteiger charge is 2.51. The number of benzene rings is 2. The maximum absolute atomic E-state index is 14.1. The third kappa shape index (κ3) is 7.96. The van der Waals surface area contributed by atoms with Crippen LogP contribution in [0.5, 0.6) is 0 Å². The SMILES string of the molecule is CCOP(=O)(OCC)C(Nc1nc(-c2cccc(C(=O)OCc3ccccc3)c2)nc2sccc12)P(=O)(OCC)OCC. The number of hydrogen-bond acceptors (Lipinski definition) is 12. The molecule has 43 heavy (non-hydrogen) atoms. The van der Waals surface area contributed by atoms with E-state index in [9.17, 15) is 13.9 Å². The Bertz CT molecular complexity index is 1570. The van der Waals surface area contributed by atoms with E-state index in [0.717, 1.165) is 5.56 Å². The Hall–Kier alpha value is -2.95. The van der Waals surface area contributed by atoms with E-state index in [-0.39, 0.29) is 44.7 Å². The largest absolute Gasteiger partial charge is 0.457 e. The molecule has 0 fully saturated rings. The zero-order chi connectivity index (χ0) is 30.9. The van der Waals surface area contributed by atoms with Crippen molar-refractivity contribution in [1.82, 2.24) is 9.97 Å². The van der Waals surface area contributed by atoms with Crippen molar-refractivity contribution in [3.63, 3.8) is 0 Å². The van der Waals surface area contributed by atoms with Crippen LogP contribution in [-0.4, -0.2) is 47.9 Å². The first-order chi connectivity index (χ1) is 20.8. The lowest BCUT2D eigenvalue weighted by Crippen LogP contribution is -2.26. The molecule has 2 aromatic carbocycles. The van der Waals surface area contributed by atoms with Crippen molar-refractivity contribution in [3.05, 3.63) is 77.2 Å². The van der Waals surface area contributed by atoms with E-state index < -0.39 is 26.7 Å². The highest BCUT2D eigenvalue weighted by Crippen LogP contribution is 2.70. The average Bonchev–Trinajstić information content (AvgIpc) is 3.49. The molecule has 4 aromatic rings. The van der Waals surface area contributed by atoms with E-state index in [0.29, 0.717) is 21.3 Å². The van der Waals surface area contributed by atoms with E-state index in [1.54, 1.807) is 58.0 Å². The molecule has 14 heteroatoms. The first kappa shape index (κ1) is 33.0. The fourth-order valence-electron chi connectivity index (χ4n) is 4.22. The summed E-state index contributed by atoms with van der Waals surface area (Å²) in [5, 5.41) is 5.48. The van der Waals surface area contributed by atoms with Crippen molar-refractivity contribution >= 4 is 48.5 Å². The molecule has 0 aliphatic heterocycles. The van der Waals surface area contributed by atoms with Gasteiger partial charge in [-0.25, -0.2) is 14.8 Å². The molecule has 230 valence electrons. The number of carbonyl (C=O) groups excluding carboxylic acids is 1. The van der Waals surface area contributed by atoms with E-state index in [1.165, 1.54) is 11.3 Å². The van der Waals surface area contributed by atoms with Gasteiger partial charge in [0.15, 0.2) is 5.82 Å². The topological polar surface area (TPSA) is 135 Å². The molecule has 0 spiro atoms. The number of hydrogen-bond donors (Lipinski definition) is 1. The predicted molar refractivity (Wildman–Crippen MR) is 168 cm³/mol. The smallest absolute Gasteiger partial charge is 0.365 e. The van der Waals surface area contributed by atoms with Crippen LogP contribution in [-0.2, 0) is 38.6 Å². The number of aromatic nitrogens is 2. The standard InChI is InChI=1S/C29H35N3O8P2S/c1-5-37-41(34,38-6-2)29(42(35,39-7-3)40-8-4)32-26-24-17-18-43-27(24)31-25(30-26)22-15-12-16-23(19-22)28(33)36-20-21-13-10-9-11-14-21/h9-19,29H,5-8,20H2,1-4H3,(H,30,31,32). The van der Waals surface area contributed by atoms with Crippen LogP contribution in [0.4, 0.5) is 5.82 Å². The molecule has 0 saturated carbocycles. The summed E-state index contributed by atoms with van der Waals surface area (Å²) in [5.74, 6) is 0.00633. The molecule has 2 heterocycles. The van der Waals surface area contributed by atoms with Crippen molar-refractivity contribution < 1.29 is 36.8 Å². The van der Waals surface area contributed by atoms with Crippen molar-refractivity contribution in [2.45, 2.75) is 39.8 Å². The molecule has 0 bridgehead atoms. The van der Waals surface area contributed by atoms with Gasteiger partial charge in [-0.1, -0.05) is 42.5 Å². The maximum Gasteiger partial charge on any atom is 0.365 e. The summed E-state index contributed by atoms with van der Waals surface area (Å²) in [6.45, 7) is 6.90. The van der Waals surface area contributed by atoms with E-state index >= 15 is 0 Å². The van der Waals surface area contributed by atoms with Crippen LogP contribution in [0.15, 0.2) is 66.0 Å². The molecular formula is C29H35N3O8P2S. The summed E-state index contributed by atoms with van der Waals surface area (Å²) in [6, 6.07) is 18.0. The molecule has 11 nitrogen and oxygen atoms in total. The van der Waals surface area contributed by atoms with Gasteiger partial charge in [0, 0.05) is 5.56 Å². The molecule has 0 amide bonds. The Kier molecular flexibility index (Phi) is 11.6. The fraction of sp³-hybridized carbons (Fsp3) is 0.345. The molecule has 0 unspecified atom stereocenters. The van der Waals surface area contributed by atoms with Crippen LogP contribution < -0.4 is 5.32 Å². The Balaban J connectivity index is 1.73. The molecule has 0 saturated heterocycles. The third-order valence-corrected chi connectivity index (χ3v) is 12.4. The van der Waals surface area contributed by atoms with Gasteiger partial charge in [0.1, 0.15) is 17.3 Å². The zero-order valence-corrected chi connectivity index (χ0v) is 27.0. The number of thiophene rings is 1. The molecule has 1 N–H and O–H groups in total. The second-order valence-electron chi connectivity index (χ2n) is 8.95. The minimum atomic E-state index is -4.12. The first-order valence-corrected chi connectivity index (χ1v) is 18.0. The number of rotatable bonds is 16. The fourth-order valence-corrected chi connectivity index (χ4v) is 9.88. The van der Waals surface area contributed by atoms with Crippen LogP contribution in [0, 0.1) is 0 Å². The van der Waals surface area contributed by atoms with Crippen LogP contribution >= 0.6 is 26.5 Å². The minimum absolute atomic E-state index is 0.0315. The summed E-state index contributed by atoms with van der Waals surface area (Å²) in [5.41, 5.74) is 0.214. The molecular weight excluding hydrogens is 612 g/mol. The number of nitrogens with one attached hydrogen (secondary N) is 1. The van der Waals surface area contributed by atoms with Gasteiger partial charge in [-0.05, 0) is 56.8 Å². The summed E-state index contributed by atoms with van der Waals surface area (Å²) in [6.07, 6.45) is 0. The highest BCUT2D eigenvalue weighted by atomic mass is 32.1. The number of nitrogens with zero attached hydrogens (tertiary/aromatic N) is 2. The monoisotopic (exact) mass is 647 g/mol. The number of fused-ring (bicyclic) bond motifs is 1. The van der Waals surface area contributed by atoms with Gasteiger partial charge in [-0.15, -0.1) is 11.3 Å². The number of anilines is 1. The lowest BCUT2D eigenvalue weighted by atomic mass is 10.1. The van der Waals surface area contributed by atoms with E-state index in [4.69, 9.17) is 27.8 Å². The zero-order valence-electron chi connectivity index (χ0n) is 24.4. The van der Waals surface area contributed by atoms with Crippen molar-refractivity contribution in [2.75, 3.05) is 31.7 Å². The maximum atomic E-state index is 14.1. The molecule has 2 aromatic heterocycles. The van der Waals surface area contributed by atoms with Gasteiger partial charge in [-0.3, -0.25) is 9.13 Å². The molecule has 0 radical (unpaired) electrons. The average molecular weight is 648 g/mol. The molecule has 0 atom stereocenters. The number of esters is 1. The normalized spacial score (nSPS) is 12.1. The quantitative estimate of drug-likeness (QED) is 0.0938. The van der Waals surface area contributed by atoms with Crippen molar-refractivity contribution in [3.8, 4) is 11.4 Å². The molecule has 4 rings (SSSR count). The summed E-state index contributed by atoms with van der Waals surface area (Å²) in [4.78, 5) is 22.9. The van der Waals surface area contributed by atoms with Gasteiger partial charge in [0.05, 0.1) is 37.4 Å². The van der Waals surface area contributed by atoms with Crippen molar-refractivity contribution in [2.24, 2.45) is 0 Å². The molecule has 0 aliphatic carbocycles. The lowest BCUT2D eigenvalue weighted by molar-refractivity contribution is 0.0472. The Morgan fingerprint density at radius 1 is 0.837 bits per heavy atom. The first-order valence-electron chi connectivity index (χ1n) is 13.9. The second-order valence-corrected chi connectivity index (χ2v) is 14.5. The van der Waals surface area contributed by atoms with Crippen LogP contribution in [0.3, 0.4) is 0 Å². The summed E-state index contributed by atoms with van der Waals surface area (Å²) < 4.78 is 56.1. The van der Waals surface area contributed by atoms with Crippen LogP contribution in [0.1, 0.15) is 43.6 Å². The van der Waals surface area contributed by atoms with Crippen LogP contribution in [0.2, 0.25) is 0 Å². The lowest BCUT2D eigenvalue weighted by Gasteiger charge is -2.32. The Morgan fingerprint density at radius 3 is 2.07 bits per heavy atom. The van der Waals surface area contributed by atoms with Gasteiger partial charge < -0.3 is 28.1 Å². The highest BCUT2D eigenvalue weighted by molar-refractivity contribution is 7.73. The Labute approximate surface area is 255 Å². The van der Waals surface area contributed by atoms with Gasteiger partial charge >= 0.3 is 21.2 Å². The molecule has 0 aliphatic rings. The summed E-state index contributed by atoms with van der Waals surface area (Å²) >= 11 is 1.36. The third-order valence-electron chi connectivity index (χ3n) is 6.00. The van der Waals surface area contributed by atoms with E-state index in [1.807, 2.05) is 35.7 Å². The summed E-state index contributed by atoms with van der Waals surface area (Å²) in [7, 11) is -8.24. The van der Waals surface area contributed by atoms with E-state index in [2.05, 4.69) is 10.3 Å². The number of carbonyl (C=O) groups is 1. The predicted octanol–water partition coefficient (Wildman–Crippen LogP) is 7.94. The Morgan fingerprint density at radius 2 is 1.47 bits per heavy atom. The van der Waals surface area contributed by atoms with Crippen molar-refractivity contribution in [1.29, 1.82) is 0 Å². The minimum Gasteiger partial charge on any atom is -0.457 e. The number of ether oxygens (including phenoxy) is 1. The second kappa shape index (κ2) is 15.2.